The van der Waals surface area contributed by atoms with E-state index in [0.29, 0.717) is 11.2 Å². The van der Waals surface area contributed by atoms with Gasteiger partial charge in [0.2, 0.25) is 0 Å². The molecule has 3 nitrogen and oxygen atoms in total. The molecule has 0 fully saturated rings. The molecule has 0 heterocycles. The largest absolute Gasteiger partial charge is 0.356 e. The molecule has 0 aliphatic rings. The number of rotatable bonds is 5. The van der Waals surface area contributed by atoms with E-state index < -0.39 is 0 Å². The van der Waals surface area contributed by atoms with Crippen LogP contribution in [0.25, 0.3) is 0 Å². The number of nitrogens with one attached hydrogen (secondary N) is 3. The van der Waals surface area contributed by atoms with Crippen molar-refractivity contribution in [3.63, 3.8) is 0 Å². The lowest BCUT2D eigenvalue weighted by Gasteiger charge is -2.23. The number of thiocarbonyl (C=S) groups is 1. The van der Waals surface area contributed by atoms with Crippen LogP contribution in [0.4, 0.5) is 5.69 Å². The molecule has 0 aromatic heterocycles. The van der Waals surface area contributed by atoms with Crippen LogP contribution in [-0.2, 0) is 0 Å². The van der Waals surface area contributed by atoms with Crippen LogP contribution >= 0.6 is 12.2 Å². The smallest absolute Gasteiger partial charge is 0.171 e. The van der Waals surface area contributed by atoms with Gasteiger partial charge in [-0.15, -0.1) is 0 Å². The minimum absolute atomic E-state index is 0.356. The van der Waals surface area contributed by atoms with E-state index in [0.717, 1.165) is 12.2 Å². The van der Waals surface area contributed by atoms with E-state index in [1.165, 1.54) is 21.6 Å². The zero-order valence-electron chi connectivity index (χ0n) is 14.3. The maximum atomic E-state index is 5.46. The molecule has 0 aliphatic carbocycles. The number of benzene rings is 2. The lowest BCUT2D eigenvalue weighted by molar-refractivity contribution is -0.890. The summed E-state index contributed by atoms with van der Waals surface area (Å²) in [6, 6.07) is 17.1. The number of hydrogen-bond acceptors (Lipinski definition) is 1. The normalized spacial score (nSPS) is 12.0. The summed E-state index contributed by atoms with van der Waals surface area (Å²) in [7, 11) is 4.33. The van der Waals surface area contributed by atoms with E-state index >= 15 is 0 Å². The summed E-state index contributed by atoms with van der Waals surface area (Å²) in [5.74, 6) is 0. The van der Waals surface area contributed by atoms with E-state index in [1.807, 2.05) is 12.1 Å². The van der Waals surface area contributed by atoms with Gasteiger partial charge in [0.05, 0.1) is 20.6 Å². The van der Waals surface area contributed by atoms with Gasteiger partial charge in [-0.2, -0.15) is 0 Å². The van der Waals surface area contributed by atoms with Crippen molar-refractivity contribution in [2.75, 3.05) is 26.0 Å². The number of quaternary nitrogens is 1. The Labute approximate surface area is 144 Å². The molecule has 2 aromatic rings. The lowest BCUT2D eigenvalue weighted by Crippen LogP contribution is -3.07. The Morgan fingerprint density at radius 3 is 2.39 bits per heavy atom. The maximum Gasteiger partial charge on any atom is 0.171 e. The fourth-order valence-electron chi connectivity index (χ4n) is 2.59. The molecule has 1 atom stereocenters. The summed E-state index contributed by atoms with van der Waals surface area (Å²) in [6.45, 7) is 5.01. The SMILES string of the molecule is Cc1cccc(NC(=S)NC[C@@H](c2ccccc2)[NH+](C)C)c1C. The second kappa shape index (κ2) is 8.09. The molecule has 0 amide bonds. The molecular formula is C19H26N3S+. The van der Waals surface area contributed by atoms with Crippen LogP contribution < -0.4 is 15.5 Å². The average molecular weight is 329 g/mol. The maximum absolute atomic E-state index is 5.46. The Balaban J connectivity index is 1.98. The highest BCUT2D eigenvalue weighted by atomic mass is 32.1. The average Bonchev–Trinajstić information content (AvgIpc) is 2.53. The number of aryl methyl sites for hydroxylation is 1. The summed E-state index contributed by atoms with van der Waals surface area (Å²) >= 11 is 5.46. The van der Waals surface area contributed by atoms with Gasteiger partial charge >= 0.3 is 0 Å². The molecule has 0 saturated heterocycles. The van der Waals surface area contributed by atoms with Crippen LogP contribution in [0.15, 0.2) is 48.5 Å². The Morgan fingerprint density at radius 1 is 1.04 bits per heavy atom. The first-order chi connectivity index (χ1) is 11.0. The molecule has 2 aromatic carbocycles. The van der Waals surface area contributed by atoms with Gasteiger partial charge in [0, 0.05) is 11.3 Å². The summed E-state index contributed by atoms with van der Waals surface area (Å²) in [4.78, 5) is 1.37. The first kappa shape index (κ1) is 17.4. The van der Waals surface area contributed by atoms with Crippen molar-refractivity contribution in [2.45, 2.75) is 19.9 Å². The molecule has 0 spiro atoms. The van der Waals surface area contributed by atoms with Gasteiger partial charge in [-0.1, -0.05) is 42.5 Å². The summed E-state index contributed by atoms with van der Waals surface area (Å²) < 4.78 is 0. The van der Waals surface area contributed by atoms with E-state index in [4.69, 9.17) is 12.2 Å². The van der Waals surface area contributed by atoms with Crippen molar-refractivity contribution in [1.29, 1.82) is 0 Å². The number of anilines is 1. The number of likely N-dealkylation sites (N-methyl/N-ethyl adjacent to an activating group) is 1. The second-order valence-electron chi connectivity index (χ2n) is 6.12. The second-order valence-corrected chi connectivity index (χ2v) is 6.53. The topological polar surface area (TPSA) is 28.5 Å². The van der Waals surface area contributed by atoms with Gasteiger partial charge in [-0.25, -0.2) is 0 Å². The molecule has 0 saturated carbocycles. The Morgan fingerprint density at radius 2 is 1.74 bits per heavy atom. The third-order valence-electron chi connectivity index (χ3n) is 4.22. The van der Waals surface area contributed by atoms with Gasteiger partial charge in [0.15, 0.2) is 5.11 Å². The molecule has 2 rings (SSSR count). The van der Waals surface area contributed by atoms with E-state index in [-0.39, 0.29) is 0 Å². The third-order valence-corrected chi connectivity index (χ3v) is 4.46. The number of hydrogen-bond donors (Lipinski definition) is 3. The van der Waals surface area contributed by atoms with Gasteiger partial charge < -0.3 is 15.5 Å². The Hall–Kier alpha value is -1.91. The lowest BCUT2D eigenvalue weighted by atomic mass is 10.1. The summed E-state index contributed by atoms with van der Waals surface area (Å²) in [6.07, 6.45) is 0. The minimum atomic E-state index is 0.356. The zero-order chi connectivity index (χ0) is 16.8. The summed E-state index contributed by atoms with van der Waals surface area (Å²) in [5, 5.41) is 7.33. The molecule has 23 heavy (non-hydrogen) atoms. The van der Waals surface area contributed by atoms with Crippen LogP contribution in [0.5, 0.6) is 0 Å². The fraction of sp³-hybridized carbons (Fsp3) is 0.316. The van der Waals surface area contributed by atoms with Crippen molar-refractivity contribution < 1.29 is 4.90 Å². The van der Waals surface area contributed by atoms with Crippen LogP contribution in [0.2, 0.25) is 0 Å². The molecule has 0 aliphatic heterocycles. The van der Waals surface area contributed by atoms with E-state index in [1.54, 1.807) is 0 Å². The summed E-state index contributed by atoms with van der Waals surface area (Å²) in [5.41, 5.74) is 4.87. The van der Waals surface area contributed by atoms with Gasteiger partial charge in [-0.05, 0) is 43.3 Å². The third kappa shape index (κ3) is 4.78. The van der Waals surface area contributed by atoms with Gasteiger partial charge in [0.25, 0.3) is 0 Å². The zero-order valence-corrected chi connectivity index (χ0v) is 15.1. The fourth-order valence-corrected chi connectivity index (χ4v) is 2.78. The van der Waals surface area contributed by atoms with Crippen molar-refractivity contribution >= 4 is 23.0 Å². The van der Waals surface area contributed by atoms with Gasteiger partial charge in [-0.3, -0.25) is 0 Å². The first-order valence-electron chi connectivity index (χ1n) is 7.95. The van der Waals surface area contributed by atoms with Crippen molar-refractivity contribution in [3.8, 4) is 0 Å². The highest BCUT2D eigenvalue weighted by molar-refractivity contribution is 7.80. The van der Waals surface area contributed by atoms with Crippen LogP contribution in [0.3, 0.4) is 0 Å². The predicted molar refractivity (Wildman–Crippen MR) is 102 cm³/mol. The van der Waals surface area contributed by atoms with Crippen molar-refractivity contribution in [2.24, 2.45) is 0 Å². The van der Waals surface area contributed by atoms with Crippen LogP contribution in [0, 0.1) is 13.8 Å². The molecule has 0 unspecified atom stereocenters. The van der Waals surface area contributed by atoms with Crippen molar-refractivity contribution in [3.05, 3.63) is 65.2 Å². The predicted octanol–water partition coefficient (Wildman–Crippen LogP) is 2.48. The van der Waals surface area contributed by atoms with Gasteiger partial charge in [0.1, 0.15) is 6.04 Å². The first-order valence-corrected chi connectivity index (χ1v) is 8.36. The molecule has 4 heteroatoms. The minimum Gasteiger partial charge on any atom is -0.356 e. The monoisotopic (exact) mass is 328 g/mol. The van der Waals surface area contributed by atoms with Crippen LogP contribution in [0.1, 0.15) is 22.7 Å². The van der Waals surface area contributed by atoms with E-state index in [2.05, 4.69) is 75.0 Å². The Kier molecular flexibility index (Phi) is 6.13. The van der Waals surface area contributed by atoms with Crippen LogP contribution in [-0.4, -0.2) is 25.8 Å². The molecular weight excluding hydrogens is 302 g/mol. The Bertz CT molecular complexity index is 653. The molecule has 3 N–H and O–H groups in total. The standard InChI is InChI=1S/C19H25N3S/c1-14-9-8-12-17(15(14)2)21-19(23)20-13-18(22(3)4)16-10-6-5-7-11-16/h5-12,18H,13H2,1-4H3,(H2,20,21,23)/p+1/t18-/m0/s1. The molecule has 122 valence electrons. The highest BCUT2D eigenvalue weighted by Crippen LogP contribution is 2.17. The molecule has 0 radical (unpaired) electrons. The molecule has 0 bridgehead atoms. The van der Waals surface area contributed by atoms with E-state index in [9.17, 15) is 0 Å². The quantitative estimate of drug-likeness (QED) is 0.737. The van der Waals surface area contributed by atoms with Crippen molar-refractivity contribution in [1.82, 2.24) is 5.32 Å². The highest BCUT2D eigenvalue weighted by Gasteiger charge is 2.17.